The van der Waals surface area contributed by atoms with Gasteiger partial charge in [-0.25, -0.2) is 0 Å². The lowest BCUT2D eigenvalue weighted by atomic mass is 9.98. The van der Waals surface area contributed by atoms with Gasteiger partial charge in [-0.1, -0.05) is 19.8 Å². The van der Waals surface area contributed by atoms with E-state index >= 15 is 0 Å². The van der Waals surface area contributed by atoms with Crippen molar-refractivity contribution >= 4 is 0 Å². The maximum absolute atomic E-state index is 6.29. The van der Waals surface area contributed by atoms with Crippen molar-refractivity contribution in [1.29, 1.82) is 0 Å². The van der Waals surface area contributed by atoms with E-state index in [9.17, 15) is 0 Å². The topological polar surface area (TPSA) is 38.0 Å². The number of nitrogens with one attached hydrogen (secondary N) is 1. The normalized spacial score (nSPS) is 27.9. The van der Waals surface area contributed by atoms with E-state index in [0.29, 0.717) is 5.41 Å². The SMILES string of the molecule is CCC1(CNCC2(N)CCCC2)CC1. The van der Waals surface area contributed by atoms with Crippen molar-refractivity contribution in [3.8, 4) is 0 Å². The summed E-state index contributed by atoms with van der Waals surface area (Å²) in [5.41, 5.74) is 7.08. The van der Waals surface area contributed by atoms with Crippen LogP contribution in [0.3, 0.4) is 0 Å². The highest BCUT2D eigenvalue weighted by atomic mass is 15.0. The van der Waals surface area contributed by atoms with E-state index in [4.69, 9.17) is 5.73 Å². The first-order valence-electron chi connectivity index (χ1n) is 6.18. The van der Waals surface area contributed by atoms with E-state index in [-0.39, 0.29) is 5.54 Å². The Hall–Kier alpha value is -0.0800. The molecule has 2 heteroatoms. The van der Waals surface area contributed by atoms with Crippen molar-refractivity contribution in [2.75, 3.05) is 13.1 Å². The summed E-state index contributed by atoms with van der Waals surface area (Å²) in [5, 5.41) is 3.60. The van der Waals surface area contributed by atoms with Crippen molar-refractivity contribution in [2.24, 2.45) is 11.1 Å². The van der Waals surface area contributed by atoms with Crippen LogP contribution in [0, 0.1) is 5.41 Å². The Morgan fingerprint density at radius 3 is 2.21 bits per heavy atom. The molecule has 0 heterocycles. The summed E-state index contributed by atoms with van der Waals surface area (Å²) in [6.45, 7) is 4.54. The summed E-state index contributed by atoms with van der Waals surface area (Å²) in [6, 6.07) is 0. The summed E-state index contributed by atoms with van der Waals surface area (Å²) in [7, 11) is 0. The molecule has 0 spiro atoms. The van der Waals surface area contributed by atoms with E-state index in [1.165, 1.54) is 51.5 Å². The van der Waals surface area contributed by atoms with Crippen LogP contribution in [-0.2, 0) is 0 Å². The zero-order valence-corrected chi connectivity index (χ0v) is 9.44. The summed E-state index contributed by atoms with van der Waals surface area (Å²) in [5.74, 6) is 0. The molecule has 0 radical (unpaired) electrons. The van der Waals surface area contributed by atoms with Gasteiger partial charge in [-0.05, 0) is 37.5 Å². The number of nitrogens with two attached hydrogens (primary N) is 1. The van der Waals surface area contributed by atoms with Gasteiger partial charge in [0.1, 0.15) is 0 Å². The second-order valence-electron chi connectivity index (χ2n) is 5.53. The summed E-state index contributed by atoms with van der Waals surface area (Å²) in [4.78, 5) is 0. The molecule has 2 saturated carbocycles. The molecular formula is C12H24N2. The van der Waals surface area contributed by atoms with Crippen molar-refractivity contribution in [3.63, 3.8) is 0 Å². The highest BCUT2D eigenvalue weighted by Crippen LogP contribution is 2.47. The molecule has 14 heavy (non-hydrogen) atoms. The minimum Gasteiger partial charge on any atom is -0.324 e. The fraction of sp³-hybridized carbons (Fsp3) is 1.00. The zero-order chi connectivity index (χ0) is 10.1. The molecule has 2 aliphatic carbocycles. The van der Waals surface area contributed by atoms with Gasteiger partial charge in [-0.15, -0.1) is 0 Å². The maximum atomic E-state index is 6.29. The summed E-state index contributed by atoms with van der Waals surface area (Å²) < 4.78 is 0. The smallest absolute Gasteiger partial charge is 0.0280 e. The molecule has 0 atom stereocenters. The predicted molar refractivity (Wildman–Crippen MR) is 60.2 cm³/mol. The molecule has 0 aromatic rings. The molecule has 0 aromatic heterocycles. The Morgan fingerprint density at radius 2 is 1.71 bits per heavy atom. The molecule has 0 saturated heterocycles. The Balaban J connectivity index is 1.67. The van der Waals surface area contributed by atoms with Gasteiger partial charge in [-0.3, -0.25) is 0 Å². The quantitative estimate of drug-likeness (QED) is 0.706. The van der Waals surface area contributed by atoms with Crippen LogP contribution in [0.15, 0.2) is 0 Å². The Labute approximate surface area is 87.6 Å². The molecule has 0 aromatic carbocycles. The fourth-order valence-corrected chi connectivity index (χ4v) is 2.66. The van der Waals surface area contributed by atoms with Crippen LogP contribution < -0.4 is 11.1 Å². The van der Waals surface area contributed by atoms with Crippen molar-refractivity contribution < 1.29 is 0 Å². The molecular weight excluding hydrogens is 172 g/mol. The minimum atomic E-state index is 0.129. The lowest BCUT2D eigenvalue weighted by molar-refractivity contribution is 0.366. The molecule has 0 unspecified atom stereocenters. The lowest BCUT2D eigenvalue weighted by Gasteiger charge is -2.25. The first-order valence-corrected chi connectivity index (χ1v) is 6.18. The molecule has 2 rings (SSSR count). The zero-order valence-electron chi connectivity index (χ0n) is 9.44. The van der Waals surface area contributed by atoms with Gasteiger partial charge in [0.15, 0.2) is 0 Å². The maximum Gasteiger partial charge on any atom is 0.0280 e. The molecule has 3 N–H and O–H groups in total. The first kappa shape index (κ1) is 10.4. The molecule has 2 fully saturated rings. The summed E-state index contributed by atoms with van der Waals surface area (Å²) >= 11 is 0. The largest absolute Gasteiger partial charge is 0.324 e. The second-order valence-corrected chi connectivity index (χ2v) is 5.53. The molecule has 82 valence electrons. The van der Waals surface area contributed by atoms with E-state index in [1.807, 2.05) is 0 Å². The standard InChI is InChI=1S/C12H24N2/c1-2-11(7-8-11)9-14-10-12(13)5-3-4-6-12/h14H,2-10,13H2,1H3. The Kier molecular flexibility index (Phi) is 2.85. The molecule has 0 bridgehead atoms. The van der Waals surface area contributed by atoms with Crippen LogP contribution in [0.2, 0.25) is 0 Å². The van der Waals surface area contributed by atoms with Crippen molar-refractivity contribution in [1.82, 2.24) is 5.32 Å². The van der Waals surface area contributed by atoms with Crippen LogP contribution in [0.5, 0.6) is 0 Å². The monoisotopic (exact) mass is 196 g/mol. The van der Waals surface area contributed by atoms with Crippen LogP contribution in [0.4, 0.5) is 0 Å². The second kappa shape index (κ2) is 3.82. The van der Waals surface area contributed by atoms with Gasteiger partial charge in [-0.2, -0.15) is 0 Å². The third-order valence-electron chi connectivity index (χ3n) is 4.28. The average Bonchev–Trinajstić information content (AvgIpc) is 2.83. The number of hydrogen-bond acceptors (Lipinski definition) is 2. The third kappa shape index (κ3) is 2.29. The fourth-order valence-electron chi connectivity index (χ4n) is 2.66. The van der Waals surface area contributed by atoms with Gasteiger partial charge < -0.3 is 11.1 Å². The van der Waals surface area contributed by atoms with Gasteiger partial charge in [0.25, 0.3) is 0 Å². The van der Waals surface area contributed by atoms with Crippen LogP contribution in [0.1, 0.15) is 51.9 Å². The van der Waals surface area contributed by atoms with Gasteiger partial charge in [0.05, 0.1) is 0 Å². The third-order valence-corrected chi connectivity index (χ3v) is 4.28. The molecule has 0 amide bonds. The van der Waals surface area contributed by atoms with Crippen LogP contribution in [-0.4, -0.2) is 18.6 Å². The Bertz CT molecular complexity index is 190. The van der Waals surface area contributed by atoms with Gasteiger partial charge in [0, 0.05) is 18.6 Å². The molecule has 0 aliphatic heterocycles. The van der Waals surface area contributed by atoms with Crippen LogP contribution >= 0.6 is 0 Å². The molecule has 2 aliphatic rings. The minimum absolute atomic E-state index is 0.129. The predicted octanol–water partition coefficient (Wildman–Crippen LogP) is 2.04. The number of hydrogen-bond donors (Lipinski definition) is 2. The molecule has 2 nitrogen and oxygen atoms in total. The van der Waals surface area contributed by atoms with Gasteiger partial charge >= 0.3 is 0 Å². The summed E-state index contributed by atoms with van der Waals surface area (Å²) in [6.07, 6.45) is 9.28. The van der Waals surface area contributed by atoms with E-state index < -0.39 is 0 Å². The average molecular weight is 196 g/mol. The van der Waals surface area contributed by atoms with Gasteiger partial charge in [0.2, 0.25) is 0 Å². The van der Waals surface area contributed by atoms with E-state index in [1.54, 1.807) is 0 Å². The van der Waals surface area contributed by atoms with Crippen molar-refractivity contribution in [3.05, 3.63) is 0 Å². The lowest BCUT2D eigenvalue weighted by Crippen LogP contribution is -2.47. The van der Waals surface area contributed by atoms with E-state index in [2.05, 4.69) is 12.2 Å². The highest BCUT2D eigenvalue weighted by molar-refractivity contribution is 4.96. The van der Waals surface area contributed by atoms with E-state index in [0.717, 1.165) is 6.54 Å². The highest BCUT2D eigenvalue weighted by Gasteiger charge is 2.40. The van der Waals surface area contributed by atoms with Crippen molar-refractivity contribution in [2.45, 2.75) is 57.4 Å². The number of rotatable bonds is 5. The van der Waals surface area contributed by atoms with Crippen LogP contribution in [0.25, 0.3) is 0 Å². The first-order chi connectivity index (χ1) is 6.68. The Morgan fingerprint density at radius 1 is 1.07 bits per heavy atom.